The van der Waals surface area contributed by atoms with Gasteiger partial charge in [0.25, 0.3) is 5.91 Å². The number of imidazole rings is 1. The topological polar surface area (TPSA) is 108 Å². The van der Waals surface area contributed by atoms with Crippen LogP contribution in [0.4, 0.5) is 8.78 Å². The van der Waals surface area contributed by atoms with Crippen molar-refractivity contribution < 1.29 is 28.9 Å². The summed E-state index contributed by atoms with van der Waals surface area (Å²) in [7, 11) is 1.57. The number of amides is 1. The average molecular weight is 467 g/mol. The molecule has 1 amide bonds. The summed E-state index contributed by atoms with van der Waals surface area (Å²) in [6, 6.07) is 14.8. The number of carbonyl (C=O) groups excluding carboxylic acids is 1. The molecule has 4 aromatic rings. The lowest BCUT2D eigenvalue weighted by Gasteiger charge is -2.29. The van der Waals surface area contributed by atoms with Crippen molar-refractivity contribution in [3.63, 3.8) is 0 Å². The third-order valence-electron chi connectivity index (χ3n) is 5.77. The molecule has 0 saturated carbocycles. The summed E-state index contributed by atoms with van der Waals surface area (Å²) in [6.07, 6.45) is 0. The van der Waals surface area contributed by atoms with Crippen LogP contribution in [0, 0.1) is 11.6 Å². The fraction of sp³-hybridized carbons (Fsp3) is 0.200. The lowest BCUT2D eigenvalue weighted by Crippen LogP contribution is -2.40. The molecule has 0 atom stereocenters. The third-order valence-corrected chi connectivity index (χ3v) is 5.77. The van der Waals surface area contributed by atoms with Crippen LogP contribution in [0.1, 0.15) is 27.3 Å². The van der Waals surface area contributed by atoms with Crippen LogP contribution >= 0.6 is 0 Å². The molecule has 34 heavy (non-hydrogen) atoms. The molecule has 9 heteroatoms. The predicted molar refractivity (Wildman–Crippen MR) is 121 cm³/mol. The highest BCUT2D eigenvalue weighted by Crippen LogP contribution is 2.39. The first kappa shape index (κ1) is 23.5. The van der Waals surface area contributed by atoms with E-state index in [4.69, 9.17) is 0 Å². The summed E-state index contributed by atoms with van der Waals surface area (Å²) >= 11 is 0. The Balaban J connectivity index is 1.90. The van der Waals surface area contributed by atoms with E-state index >= 15 is 0 Å². The highest BCUT2D eigenvalue weighted by molar-refractivity contribution is 5.97. The molecule has 0 unspecified atom stereocenters. The monoisotopic (exact) mass is 467 g/mol. The van der Waals surface area contributed by atoms with E-state index < -0.39 is 42.4 Å². The zero-order valence-electron chi connectivity index (χ0n) is 18.2. The number of hydrogen-bond acceptors (Lipinski definition) is 5. The molecule has 0 fully saturated rings. The van der Waals surface area contributed by atoms with E-state index in [1.807, 2.05) is 0 Å². The van der Waals surface area contributed by atoms with E-state index in [9.17, 15) is 28.9 Å². The van der Waals surface area contributed by atoms with Crippen LogP contribution in [0.15, 0.2) is 66.7 Å². The first-order valence-electron chi connectivity index (χ1n) is 10.5. The Kier molecular flexibility index (Phi) is 6.43. The van der Waals surface area contributed by atoms with Gasteiger partial charge in [0.15, 0.2) is 11.4 Å². The molecule has 0 bridgehead atoms. The molecule has 1 aromatic heterocycles. The van der Waals surface area contributed by atoms with Crippen LogP contribution in [0.2, 0.25) is 0 Å². The van der Waals surface area contributed by atoms with Gasteiger partial charge >= 0.3 is 0 Å². The number of benzene rings is 3. The average Bonchev–Trinajstić information content (AvgIpc) is 3.18. The number of aliphatic hydroxyl groups excluding tert-OH is 2. The number of fused-ring (bicyclic) bond motifs is 1. The summed E-state index contributed by atoms with van der Waals surface area (Å²) in [5, 5.41) is 32.9. The second kappa shape index (κ2) is 9.30. The number of halogens is 2. The van der Waals surface area contributed by atoms with Crippen LogP contribution < -0.4 is 5.32 Å². The van der Waals surface area contributed by atoms with Gasteiger partial charge in [0.05, 0.1) is 30.3 Å². The number of hydrogen-bond donors (Lipinski definition) is 4. The van der Waals surface area contributed by atoms with Crippen molar-refractivity contribution in [3.05, 3.63) is 101 Å². The minimum atomic E-state index is -2.27. The maximum absolute atomic E-state index is 14.9. The van der Waals surface area contributed by atoms with Crippen molar-refractivity contribution in [2.75, 3.05) is 13.2 Å². The van der Waals surface area contributed by atoms with Crippen molar-refractivity contribution in [3.8, 4) is 0 Å². The zero-order chi connectivity index (χ0) is 24.5. The van der Waals surface area contributed by atoms with Crippen molar-refractivity contribution in [2.24, 2.45) is 7.05 Å². The van der Waals surface area contributed by atoms with Crippen molar-refractivity contribution in [1.82, 2.24) is 14.9 Å². The molecule has 0 spiro atoms. The Bertz CT molecular complexity index is 1310. The molecule has 0 aliphatic carbocycles. The van der Waals surface area contributed by atoms with Gasteiger partial charge in [0, 0.05) is 23.7 Å². The lowest BCUT2D eigenvalue weighted by molar-refractivity contribution is 0.0879. The fourth-order valence-corrected chi connectivity index (χ4v) is 3.97. The number of nitrogens with zero attached hydrogens (tertiary/aromatic N) is 2. The minimum absolute atomic E-state index is 0.0427. The summed E-state index contributed by atoms with van der Waals surface area (Å²) in [6.45, 7) is -0.864. The van der Waals surface area contributed by atoms with Crippen molar-refractivity contribution >= 4 is 16.9 Å². The maximum atomic E-state index is 14.9. The largest absolute Gasteiger partial charge is 0.394 e. The van der Waals surface area contributed by atoms with Gasteiger partial charge in [-0.3, -0.25) is 4.79 Å². The standard InChI is InChI=1S/C25H23F2N3O4/c1-30-22-12-15(23(33)28-16(13-31)14-32)10-11-21(22)29-24(30)25(34,17-6-2-4-8-19(17)26)18-7-3-5-9-20(18)27/h2-12,16,31-32,34H,13-14H2,1H3,(H,28,33). The van der Waals surface area contributed by atoms with Crippen molar-refractivity contribution in [1.29, 1.82) is 0 Å². The van der Waals surface area contributed by atoms with E-state index in [2.05, 4.69) is 10.3 Å². The van der Waals surface area contributed by atoms with Gasteiger partial charge in [0.2, 0.25) is 0 Å². The highest BCUT2D eigenvalue weighted by atomic mass is 19.1. The first-order valence-corrected chi connectivity index (χ1v) is 10.5. The molecule has 4 N–H and O–H groups in total. The van der Waals surface area contributed by atoms with Gasteiger partial charge in [0.1, 0.15) is 11.6 Å². The lowest BCUT2D eigenvalue weighted by atomic mass is 9.84. The van der Waals surface area contributed by atoms with Gasteiger partial charge in [-0.2, -0.15) is 0 Å². The van der Waals surface area contributed by atoms with Gasteiger partial charge in [-0.1, -0.05) is 36.4 Å². The minimum Gasteiger partial charge on any atom is -0.394 e. The number of aryl methyl sites for hydroxylation is 1. The van der Waals surface area contributed by atoms with Gasteiger partial charge in [-0.05, 0) is 30.3 Å². The number of rotatable bonds is 7. The summed E-state index contributed by atoms with van der Waals surface area (Å²) in [5.74, 6) is -2.05. The normalized spacial score (nSPS) is 11.9. The molecule has 0 aliphatic heterocycles. The third kappa shape index (κ3) is 3.94. The maximum Gasteiger partial charge on any atom is 0.251 e. The Morgan fingerprint density at radius 1 is 1.00 bits per heavy atom. The number of aromatic nitrogens is 2. The number of carbonyl (C=O) groups is 1. The van der Waals surface area contributed by atoms with Gasteiger partial charge in [-0.15, -0.1) is 0 Å². The van der Waals surface area contributed by atoms with Gasteiger partial charge in [-0.25, -0.2) is 13.8 Å². The smallest absolute Gasteiger partial charge is 0.251 e. The Hall–Kier alpha value is -3.66. The second-order valence-corrected chi connectivity index (χ2v) is 7.90. The van der Waals surface area contributed by atoms with Crippen LogP contribution in [0.25, 0.3) is 11.0 Å². The fourth-order valence-electron chi connectivity index (χ4n) is 3.97. The molecule has 176 valence electrons. The Labute approximate surface area is 193 Å². The van der Waals surface area contributed by atoms with Crippen molar-refractivity contribution in [2.45, 2.75) is 11.6 Å². The van der Waals surface area contributed by atoms with E-state index in [0.717, 1.165) is 0 Å². The quantitative estimate of drug-likeness (QED) is 0.334. The van der Waals surface area contributed by atoms with E-state index in [-0.39, 0.29) is 22.5 Å². The summed E-state index contributed by atoms with van der Waals surface area (Å²) in [4.78, 5) is 17.0. The summed E-state index contributed by atoms with van der Waals surface area (Å²) < 4.78 is 31.3. The first-order chi connectivity index (χ1) is 16.3. The van der Waals surface area contributed by atoms with E-state index in [1.165, 1.54) is 65.2 Å². The predicted octanol–water partition coefficient (Wildman–Crippen LogP) is 2.22. The number of nitrogens with one attached hydrogen (secondary N) is 1. The highest BCUT2D eigenvalue weighted by Gasteiger charge is 2.42. The van der Waals surface area contributed by atoms with E-state index in [0.29, 0.717) is 11.0 Å². The molecular formula is C25H23F2N3O4. The van der Waals surface area contributed by atoms with E-state index in [1.54, 1.807) is 13.1 Å². The molecular weight excluding hydrogens is 444 g/mol. The van der Waals surface area contributed by atoms with Crippen LogP contribution in [0.3, 0.4) is 0 Å². The Morgan fingerprint density at radius 2 is 1.56 bits per heavy atom. The molecule has 1 heterocycles. The molecule has 4 rings (SSSR count). The van der Waals surface area contributed by atoms with Crippen LogP contribution in [-0.4, -0.2) is 50.0 Å². The molecule has 0 saturated heterocycles. The molecule has 7 nitrogen and oxygen atoms in total. The molecule has 0 aliphatic rings. The second-order valence-electron chi connectivity index (χ2n) is 7.90. The SMILES string of the molecule is Cn1c(C(O)(c2ccccc2F)c2ccccc2F)nc2ccc(C(=O)NC(CO)CO)cc21. The van der Waals surface area contributed by atoms with Crippen LogP contribution in [0.5, 0.6) is 0 Å². The van der Waals surface area contributed by atoms with Gasteiger partial charge < -0.3 is 25.2 Å². The molecule has 0 radical (unpaired) electrons. The summed E-state index contributed by atoms with van der Waals surface area (Å²) in [5.41, 5.74) is -1.59. The Morgan fingerprint density at radius 3 is 2.09 bits per heavy atom. The van der Waals surface area contributed by atoms with Crippen LogP contribution in [-0.2, 0) is 12.6 Å². The molecule has 3 aromatic carbocycles. The number of aliphatic hydroxyl groups is 3. The zero-order valence-corrected chi connectivity index (χ0v) is 18.2.